The molecule has 0 saturated heterocycles. The van der Waals surface area contributed by atoms with Gasteiger partial charge in [-0.3, -0.25) is 4.79 Å². The van der Waals surface area contributed by atoms with Gasteiger partial charge in [-0.2, -0.15) is 0 Å². The molecule has 0 aromatic heterocycles. The summed E-state index contributed by atoms with van der Waals surface area (Å²) in [6.45, 7) is 12.4. The molecule has 0 spiro atoms. The van der Waals surface area contributed by atoms with E-state index in [1.807, 2.05) is 6.92 Å². The van der Waals surface area contributed by atoms with Crippen molar-refractivity contribution >= 4 is 5.97 Å². The van der Waals surface area contributed by atoms with Crippen LogP contribution in [0.2, 0.25) is 0 Å². The molecule has 1 unspecified atom stereocenters. The minimum absolute atomic E-state index is 0.643. The van der Waals surface area contributed by atoms with E-state index in [1.165, 1.54) is 0 Å². The maximum Gasteiger partial charge on any atom is 0.323 e. The fraction of sp³-hybridized carbons (Fsp3) is 0.938. The summed E-state index contributed by atoms with van der Waals surface area (Å²) in [4.78, 5) is 14.1. The molecule has 0 radical (unpaired) electrons. The molecule has 0 aromatic rings. The van der Waals surface area contributed by atoms with Gasteiger partial charge in [-0.15, -0.1) is 0 Å². The van der Waals surface area contributed by atoms with E-state index in [2.05, 4.69) is 31.0 Å². The van der Waals surface area contributed by atoms with E-state index in [-0.39, 0.29) is 0 Å². The predicted molar refractivity (Wildman–Crippen MR) is 85.2 cm³/mol. The highest BCUT2D eigenvalue weighted by atomic mass is 16.4. The van der Waals surface area contributed by atoms with Gasteiger partial charge in [0.05, 0.1) is 0 Å². The molecule has 1 atom stereocenters. The lowest BCUT2D eigenvalue weighted by Gasteiger charge is -2.31. The number of aliphatic carboxylic acids is 1. The second-order valence-electron chi connectivity index (χ2n) is 5.61. The van der Waals surface area contributed by atoms with Crippen molar-refractivity contribution in [1.29, 1.82) is 0 Å². The average Bonchev–Trinajstić information content (AvgIpc) is 2.43. The van der Waals surface area contributed by atoms with Crippen LogP contribution in [0, 0.1) is 0 Å². The Morgan fingerprint density at radius 2 is 1.65 bits per heavy atom. The molecule has 0 amide bonds. The number of hydrogen-bond acceptors (Lipinski definition) is 3. The molecule has 0 saturated carbocycles. The van der Waals surface area contributed by atoms with Gasteiger partial charge in [0.15, 0.2) is 0 Å². The summed E-state index contributed by atoms with van der Waals surface area (Å²) < 4.78 is 0. The Morgan fingerprint density at radius 1 is 1.05 bits per heavy atom. The second kappa shape index (κ2) is 11.1. The number of carboxylic acids is 1. The van der Waals surface area contributed by atoms with Crippen molar-refractivity contribution in [3.8, 4) is 0 Å². The number of rotatable bonds is 13. The van der Waals surface area contributed by atoms with Crippen molar-refractivity contribution in [3.05, 3.63) is 0 Å². The summed E-state index contributed by atoms with van der Waals surface area (Å²) in [5, 5.41) is 12.8. The number of nitrogens with one attached hydrogen (secondary N) is 1. The summed E-state index contributed by atoms with van der Waals surface area (Å²) in [5.41, 5.74) is -0.736. The van der Waals surface area contributed by atoms with Crippen LogP contribution < -0.4 is 5.32 Å². The molecule has 0 bridgehead atoms. The lowest BCUT2D eigenvalue weighted by atomic mass is 9.90. The van der Waals surface area contributed by atoms with Gasteiger partial charge in [0, 0.05) is 0 Å². The highest BCUT2D eigenvalue weighted by molar-refractivity contribution is 5.78. The first-order valence-corrected chi connectivity index (χ1v) is 8.27. The summed E-state index contributed by atoms with van der Waals surface area (Å²) in [7, 11) is 0. The van der Waals surface area contributed by atoms with Crippen molar-refractivity contribution in [2.75, 3.05) is 26.2 Å². The van der Waals surface area contributed by atoms with E-state index in [1.54, 1.807) is 0 Å². The number of carboxylic acid groups (broad SMARTS) is 1. The molecule has 4 nitrogen and oxygen atoms in total. The van der Waals surface area contributed by atoms with Crippen molar-refractivity contribution in [3.63, 3.8) is 0 Å². The fourth-order valence-corrected chi connectivity index (χ4v) is 2.66. The van der Waals surface area contributed by atoms with Crippen LogP contribution in [-0.4, -0.2) is 47.7 Å². The molecule has 120 valence electrons. The minimum atomic E-state index is -0.736. The Labute approximate surface area is 124 Å². The van der Waals surface area contributed by atoms with E-state index in [9.17, 15) is 9.90 Å². The highest BCUT2D eigenvalue weighted by Gasteiger charge is 2.35. The number of nitrogens with zero attached hydrogens (tertiary/aromatic N) is 1. The van der Waals surface area contributed by atoms with E-state index >= 15 is 0 Å². The van der Waals surface area contributed by atoms with Gasteiger partial charge in [-0.05, 0) is 64.7 Å². The smallest absolute Gasteiger partial charge is 0.323 e. The first-order chi connectivity index (χ1) is 9.56. The van der Waals surface area contributed by atoms with Gasteiger partial charge >= 0.3 is 5.97 Å². The van der Waals surface area contributed by atoms with Crippen molar-refractivity contribution in [1.82, 2.24) is 10.2 Å². The Hall–Kier alpha value is -0.610. The zero-order chi connectivity index (χ0) is 15.4. The first-order valence-electron chi connectivity index (χ1n) is 8.27. The molecule has 4 heteroatoms. The largest absolute Gasteiger partial charge is 0.480 e. The van der Waals surface area contributed by atoms with Crippen LogP contribution in [0.15, 0.2) is 0 Å². The average molecular weight is 286 g/mol. The second-order valence-corrected chi connectivity index (χ2v) is 5.61. The molecule has 0 aliphatic carbocycles. The number of hydrogen-bond donors (Lipinski definition) is 2. The molecule has 0 fully saturated rings. The van der Waals surface area contributed by atoms with E-state index < -0.39 is 11.5 Å². The Balaban J connectivity index is 4.40. The van der Waals surface area contributed by atoms with Crippen LogP contribution in [0.4, 0.5) is 0 Å². The van der Waals surface area contributed by atoms with Crippen LogP contribution >= 0.6 is 0 Å². The molecular weight excluding hydrogens is 252 g/mol. The Morgan fingerprint density at radius 3 is 2.05 bits per heavy atom. The zero-order valence-corrected chi connectivity index (χ0v) is 13.9. The summed E-state index contributed by atoms with van der Waals surface area (Å²) in [6, 6.07) is 0. The SMILES string of the molecule is CCCNC(CC)(CCCN(CCC)CCC)C(=O)O. The quantitative estimate of drug-likeness (QED) is 0.546. The van der Waals surface area contributed by atoms with Crippen LogP contribution in [0.1, 0.15) is 66.2 Å². The van der Waals surface area contributed by atoms with E-state index in [0.29, 0.717) is 12.8 Å². The van der Waals surface area contributed by atoms with Gasteiger partial charge < -0.3 is 15.3 Å². The van der Waals surface area contributed by atoms with Crippen molar-refractivity contribution < 1.29 is 9.90 Å². The van der Waals surface area contributed by atoms with Gasteiger partial charge in [-0.25, -0.2) is 0 Å². The molecular formula is C16H34N2O2. The Bertz CT molecular complexity index is 253. The van der Waals surface area contributed by atoms with Crippen LogP contribution in [-0.2, 0) is 4.79 Å². The van der Waals surface area contributed by atoms with Gasteiger partial charge in [0.1, 0.15) is 5.54 Å². The van der Waals surface area contributed by atoms with Crippen LogP contribution in [0.25, 0.3) is 0 Å². The van der Waals surface area contributed by atoms with Gasteiger partial charge in [0.2, 0.25) is 0 Å². The monoisotopic (exact) mass is 286 g/mol. The van der Waals surface area contributed by atoms with E-state index in [4.69, 9.17) is 0 Å². The topological polar surface area (TPSA) is 52.6 Å². The maximum atomic E-state index is 11.6. The number of carbonyl (C=O) groups is 1. The molecule has 0 rings (SSSR count). The maximum absolute atomic E-state index is 11.6. The third kappa shape index (κ3) is 6.71. The summed E-state index contributed by atoms with van der Waals surface area (Å²) >= 11 is 0. The Kier molecular flexibility index (Phi) is 10.8. The van der Waals surface area contributed by atoms with Gasteiger partial charge in [-0.1, -0.05) is 27.7 Å². The van der Waals surface area contributed by atoms with E-state index in [0.717, 1.165) is 51.9 Å². The van der Waals surface area contributed by atoms with Crippen LogP contribution in [0.3, 0.4) is 0 Å². The molecule has 20 heavy (non-hydrogen) atoms. The molecule has 0 heterocycles. The molecule has 0 aliphatic heterocycles. The van der Waals surface area contributed by atoms with Crippen LogP contribution in [0.5, 0.6) is 0 Å². The molecule has 2 N–H and O–H groups in total. The predicted octanol–water partition coefficient (Wildman–Crippen LogP) is 3.12. The zero-order valence-electron chi connectivity index (χ0n) is 13.9. The van der Waals surface area contributed by atoms with Crippen molar-refractivity contribution in [2.45, 2.75) is 71.8 Å². The van der Waals surface area contributed by atoms with Gasteiger partial charge in [0.25, 0.3) is 0 Å². The lowest BCUT2D eigenvalue weighted by molar-refractivity contribution is -0.145. The van der Waals surface area contributed by atoms with Crippen molar-refractivity contribution in [2.24, 2.45) is 0 Å². The third-order valence-electron chi connectivity index (χ3n) is 3.88. The lowest BCUT2D eigenvalue weighted by Crippen LogP contribution is -2.52. The summed E-state index contributed by atoms with van der Waals surface area (Å²) in [5.74, 6) is -0.703. The fourth-order valence-electron chi connectivity index (χ4n) is 2.66. The molecule has 0 aliphatic rings. The molecule has 0 aromatic carbocycles. The first kappa shape index (κ1) is 19.4. The summed E-state index contributed by atoms with van der Waals surface area (Å²) in [6.07, 6.45) is 5.58. The normalized spacial score (nSPS) is 14.4. The standard InChI is InChI=1S/C16H34N2O2/c1-5-11-17-16(8-4,15(19)20)10-9-14-18(12-6-2)13-7-3/h17H,5-14H2,1-4H3,(H,19,20). The third-order valence-corrected chi connectivity index (χ3v) is 3.88. The highest BCUT2D eigenvalue weighted by Crippen LogP contribution is 2.18. The minimum Gasteiger partial charge on any atom is -0.480 e.